The van der Waals surface area contributed by atoms with Gasteiger partial charge in [-0.1, -0.05) is 38.3 Å². The lowest BCUT2D eigenvalue weighted by Crippen LogP contribution is -2.22. The molecule has 1 unspecified atom stereocenters. The molecule has 1 atom stereocenters. The molecule has 0 radical (unpaired) electrons. The minimum atomic E-state index is -0.132. The number of ether oxygens (including phenoxy) is 3. The normalized spacial score (nSPS) is 17.4. The summed E-state index contributed by atoms with van der Waals surface area (Å²) < 4.78 is 17.1. The van der Waals surface area contributed by atoms with Gasteiger partial charge in [0.1, 0.15) is 12.4 Å². The molecule has 3 heteroatoms. The Morgan fingerprint density at radius 2 is 1.70 bits per heavy atom. The maximum Gasteiger partial charge on any atom is 0.157 e. The highest BCUT2D eigenvalue weighted by Crippen LogP contribution is 2.33. The topological polar surface area (TPSA) is 27.7 Å². The van der Waals surface area contributed by atoms with Crippen molar-refractivity contribution in [1.82, 2.24) is 0 Å². The Kier molecular flexibility index (Phi) is 7.90. The van der Waals surface area contributed by atoms with Crippen LogP contribution < -0.4 is 4.74 Å². The van der Waals surface area contributed by atoms with Crippen molar-refractivity contribution in [3.63, 3.8) is 0 Å². The number of rotatable bonds is 9. The van der Waals surface area contributed by atoms with E-state index >= 15 is 0 Å². The van der Waals surface area contributed by atoms with Crippen LogP contribution in [0.1, 0.15) is 70.8 Å². The van der Waals surface area contributed by atoms with E-state index < -0.39 is 0 Å². The van der Waals surface area contributed by atoms with Gasteiger partial charge < -0.3 is 14.2 Å². The smallest absolute Gasteiger partial charge is 0.157 e. The monoisotopic (exact) mass is 320 g/mol. The summed E-state index contributed by atoms with van der Waals surface area (Å²) in [5, 5.41) is 0. The van der Waals surface area contributed by atoms with Crippen molar-refractivity contribution in [1.29, 1.82) is 0 Å². The summed E-state index contributed by atoms with van der Waals surface area (Å²) in [5.74, 6) is 1.67. The molecular weight excluding hydrogens is 288 g/mol. The van der Waals surface area contributed by atoms with E-state index in [2.05, 4.69) is 31.2 Å². The Bertz CT molecular complexity index is 421. The van der Waals surface area contributed by atoms with Crippen LogP contribution in [0.25, 0.3) is 0 Å². The quantitative estimate of drug-likeness (QED) is 0.457. The van der Waals surface area contributed by atoms with Gasteiger partial charge in [0.25, 0.3) is 0 Å². The van der Waals surface area contributed by atoms with Crippen molar-refractivity contribution in [3.8, 4) is 5.75 Å². The lowest BCUT2D eigenvalue weighted by molar-refractivity contribution is -0.166. The van der Waals surface area contributed by atoms with Crippen molar-refractivity contribution in [2.75, 3.05) is 13.2 Å². The van der Waals surface area contributed by atoms with E-state index in [-0.39, 0.29) is 12.4 Å². The van der Waals surface area contributed by atoms with Gasteiger partial charge >= 0.3 is 0 Å². The number of hydrogen-bond acceptors (Lipinski definition) is 3. The molecular formula is C20H32O3. The minimum Gasteiger partial charge on any atom is -0.491 e. The van der Waals surface area contributed by atoms with Crippen LogP contribution in [0.5, 0.6) is 5.75 Å². The van der Waals surface area contributed by atoms with Gasteiger partial charge in [-0.25, -0.2) is 0 Å². The van der Waals surface area contributed by atoms with Gasteiger partial charge in [-0.15, -0.1) is 0 Å². The molecule has 0 heterocycles. The molecule has 1 saturated carbocycles. The largest absolute Gasteiger partial charge is 0.491 e. The predicted octanol–water partition coefficient (Wildman–Crippen LogP) is 5.29. The predicted molar refractivity (Wildman–Crippen MR) is 94.0 cm³/mol. The van der Waals surface area contributed by atoms with Gasteiger partial charge in [0.05, 0.1) is 12.7 Å². The van der Waals surface area contributed by atoms with Crippen LogP contribution in [0.4, 0.5) is 0 Å². The highest BCUT2D eigenvalue weighted by molar-refractivity contribution is 5.29. The molecule has 23 heavy (non-hydrogen) atoms. The van der Waals surface area contributed by atoms with Gasteiger partial charge in [0.2, 0.25) is 0 Å². The fourth-order valence-electron chi connectivity index (χ4n) is 3.17. The van der Waals surface area contributed by atoms with E-state index in [4.69, 9.17) is 14.2 Å². The van der Waals surface area contributed by atoms with Gasteiger partial charge in [-0.3, -0.25) is 0 Å². The lowest BCUT2D eigenvalue weighted by Gasteiger charge is -2.22. The Morgan fingerprint density at radius 3 is 2.30 bits per heavy atom. The molecule has 1 aromatic carbocycles. The van der Waals surface area contributed by atoms with Crippen molar-refractivity contribution in [2.24, 2.45) is 0 Å². The van der Waals surface area contributed by atoms with Crippen molar-refractivity contribution >= 4 is 0 Å². The SMILES string of the molecule is CCC(OCCOc1ccc(C2CCCCC2)cc1)OC(C)C. The fourth-order valence-corrected chi connectivity index (χ4v) is 3.17. The summed E-state index contributed by atoms with van der Waals surface area (Å²) in [4.78, 5) is 0. The summed E-state index contributed by atoms with van der Waals surface area (Å²) >= 11 is 0. The van der Waals surface area contributed by atoms with Crippen LogP contribution in [-0.2, 0) is 9.47 Å². The summed E-state index contributed by atoms with van der Waals surface area (Å²) in [5.41, 5.74) is 1.46. The molecule has 1 aliphatic carbocycles. The molecule has 0 spiro atoms. The molecule has 1 fully saturated rings. The van der Waals surface area contributed by atoms with Crippen molar-refractivity contribution in [2.45, 2.75) is 77.6 Å². The Balaban J connectivity index is 1.69. The lowest BCUT2D eigenvalue weighted by atomic mass is 9.84. The Labute approximate surface area is 141 Å². The van der Waals surface area contributed by atoms with Crippen LogP contribution in [0, 0.1) is 0 Å². The average Bonchev–Trinajstić information content (AvgIpc) is 2.58. The molecule has 1 aromatic rings. The molecule has 0 amide bonds. The minimum absolute atomic E-state index is 0.132. The first kappa shape index (κ1) is 18.3. The molecule has 0 aliphatic heterocycles. The van der Waals surface area contributed by atoms with Gasteiger partial charge in [-0.2, -0.15) is 0 Å². The van der Waals surface area contributed by atoms with Crippen molar-refractivity contribution in [3.05, 3.63) is 29.8 Å². The van der Waals surface area contributed by atoms with Gasteiger partial charge in [0, 0.05) is 0 Å². The highest BCUT2D eigenvalue weighted by atomic mass is 16.7. The number of hydrogen-bond donors (Lipinski definition) is 0. The highest BCUT2D eigenvalue weighted by Gasteiger charge is 2.15. The van der Waals surface area contributed by atoms with E-state index in [0.717, 1.165) is 18.1 Å². The standard InChI is InChI=1S/C20H32O3/c1-4-20(23-16(2)3)22-15-14-21-19-12-10-18(11-13-19)17-8-6-5-7-9-17/h10-13,16-17,20H,4-9,14-15H2,1-3H3. The second-order valence-corrected chi connectivity index (χ2v) is 6.65. The number of benzene rings is 1. The van der Waals surface area contributed by atoms with E-state index in [1.165, 1.54) is 37.7 Å². The second kappa shape index (κ2) is 9.94. The summed E-state index contributed by atoms with van der Waals surface area (Å²) in [6.07, 6.45) is 7.73. The first-order valence-corrected chi connectivity index (χ1v) is 9.19. The van der Waals surface area contributed by atoms with Gasteiger partial charge in [0.15, 0.2) is 6.29 Å². The van der Waals surface area contributed by atoms with Crippen LogP contribution in [0.3, 0.4) is 0 Å². The summed E-state index contributed by atoms with van der Waals surface area (Å²) in [7, 11) is 0. The first-order chi connectivity index (χ1) is 11.2. The van der Waals surface area contributed by atoms with E-state index in [9.17, 15) is 0 Å². The second-order valence-electron chi connectivity index (χ2n) is 6.65. The molecule has 0 bridgehead atoms. The zero-order valence-electron chi connectivity index (χ0n) is 14.9. The van der Waals surface area contributed by atoms with Crippen LogP contribution in [0.2, 0.25) is 0 Å². The Morgan fingerprint density at radius 1 is 1.00 bits per heavy atom. The molecule has 0 N–H and O–H groups in total. The van der Waals surface area contributed by atoms with Crippen molar-refractivity contribution < 1.29 is 14.2 Å². The molecule has 2 rings (SSSR count). The third kappa shape index (κ3) is 6.52. The first-order valence-electron chi connectivity index (χ1n) is 9.19. The Hall–Kier alpha value is -1.06. The zero-order valence-corrected chi connectivity index (χ0v) is 14.9. The molecule has 3 nitrogen and oxygen atoms in total. The van der Waals surface area contributed by atoms with Crippen LogP contribution >= 0.6 is 0 Å². The summed E-state index contributed by atoms with van der Waals surface area (Å²) in [6.45, 7) is 7.22. The average molecular weight is 320 g/mol. The molecule has 130 valence electrons. The maximum absolute atomic E-state index is 5.77. The molecule has 1 aliphatic rings. The van der Waals surface area contributed by atoms with Gasteiger partial charge in [-0.05, 0) is 56.7 Å². The van der Waals surface area contributed by atoms with E-state index in [1.807, 2.05) is 13.8 Å². The fraction of sp³-hybridized carbons (Fsp3) is 0.700. The van der Waals surface area contributed by atoms with Crippen LogP contribution in [0.15, 0.2) is 24.3 Å². The van der Waals surface area contributed by atoms with E-state index in [1.54, 1.807) is 0 Å². The van der Waals surface area contributed by atoms with E-state index in [0.29, 0.717) is 13.2 Å². The molecule has 0 aromatic heterocycles. The third-order valence-electron chi connectivity index (χ3n) is 4.37. The molecule has 0 saturated heterocycles. The van der Waals surface area contributed by atoms with Crippen LogP contribution in [-0.4, -0.2) is 25.6 Å². The summed E-state index contributed by atoms with van der Waals surface area (Å²) in [6, 6.07) is 8.63. The zero-order chi connectivity index (χ0) is 16.5. The maximum atomic E-state index is 5.77. The third-order valence-corrected chi connectivity index (χ3v) is 4.37.